The summed E-state index contributed by atoms with van der Waals surface area (Å²) < 4.78 is 0. The molecule has 0 aliphatic rings. The zero-order valence-electron chi connectivity index (χ0n) is 13.7. The van der Waals surface area contributed by atoms with Crippen LogP contribution in [0, 0.1) is 5.41 Å². The Morgan fingerprint density at radius 3 is 1.35 bits per heavy atom. The van der Waals surface area contributed by atoms with Crippen LogP contribution in [0.2, 0.25) is 0 Å². The number of nitrogens with one attached hydrogen (secondary N) is 2. The first-order chi connectivity index (χ1) is 7.16. The maximum absolute atomic E-state index is 3.71. The van der Waals surface area contributed by atoms with E-state index in [4.69, 9.17) is 0 Å². The largest absolute Gasteiger partial charge is 0.309 e. The molecule has 2 N–H and O–H groups in total. The van der Waals surface area contributed by atoms with Crippen molar-refractivity contribution >= 4 is 0 Å². The fourth-order valence-corrected chi connectivity index (χ4v) is 1.80. The molecule has 0 aliphatic carbocycles. The number of rotatable bonds is 4. The standard InChI is InChI=1S/C15H34N2/c1-12(2,3)11-16-14(7,8)15(9,10)17-13(4,5)6/h16-17H,11H2,1-10H3. The van der Waals surface area contributed by atoms with Crippen molar-refractivity contribution in [3.8, 4) is 0 Å². The third-order valence-corrected chi connectivity index (χ3v) is 3.31. The summed E-state index contributed by atoms with van der Waals surface area (Å²) in [4.78, 5) is 0. The van der Waals surface area contributed by atoms with E-state index in [2.05, 4.69) is 79.9 Å². The molecule has 0 amide bonds. The average molecular weight is 242 g/mol. The van der Waals surface area contributed by atoms with Crippen LogP contribution in [0.1, 0.15) is 69.2 Å². The average Bonchev–Trinajstić information content (AvgIpc) is 1.94. The van der Waals surface area contributed by atoms with E-state index in [0.717, 1.165) is 6.54 Å². The van der Waals surface area contributed by atoms with Crippen molar-refractivity contribution in [1.29, 1.82) is 0 Å². The lowest BCUT2D eigenvalue weighted by Gasteiger charge is -2.48. The monoisotopic (exact) mass is 242 g/mol. The van der Waals surface area contributed by atoms with Gasteiger partial charge in [0.05, 0.1) is 0 Å². The molecular weight excluding hydrogens is 208 g/mol. The number of hydrogen-bond donors (Lipinski definition) is 2. The van der Waals surface area contributed by atoms with Crippen molar-refractivity contribution in [1.82, 2.24) is 10.6 Å². The summed E-state index contributed by atoms with van der Waals surface area (Å²) in [5.41, 5.74) is 0.531. The van der Waals surface area contributed by atoms with E-state index in [9.17, 15) is 0 Å². The van der Waals surface area contributed by atoms with E-state index in [1.54, 1.807) is 0 Å². The molecule has 0 bridgehead atoms. The molecule has 0 fully saturated rings. The highest BCUT2D eigenvalue weighted by molar-refractivity contribution is 5.02. The Labute approximate surface area is 109 Å². The molecular formula is C15H34N2. The van der Waals surface area contributed by atoms with Crippen molar-refractivity contribution in [3.05, 3.63) is 0 Å². The van der Waals surface area contributed by atoms with Gasteiger partial charge in [-0.25, -0.2) is 0 Å². The molecule has 2 heteroatoms. The molecule has 0 rings (SSSR count). The van der Waals surface area contributed by atoms with Crippen LogP contribution in [0.3, 0.4) is 0 Å². The minimum atomic E-state index is 0.0382. The minimum Gasteiger partial charge on any atom is -0.309 e. The van der Waals surface area contributed by atoms with Crippen molar-refractivity contribution < 1.29 is 0 Å². The summed E-state index contributed by atoms with van der Waals surface area (Å²) in [6, 6.07) is 0. The Morgan fingerprint density at radius 2 is 1.06 bits per heavy atom. The number of hydrogen-bond acceptors (Lipinski definition) is 2. The van der Waals surface area contributed by atoms with Gasteiger partial charge in [-0.2, -0.15) is 0 Å². The molecule has 2 nitrogen and oxygen atoms in total. The van der Waals surface area contributed by atoms with Gasteiger partial charge in [0.15, 0.2) is 0 Å². The van der Waals surface area contributed by atoms with Gasteiger partial charge >= 0.3 is 0 Å². The van der Waals surface area contributed by atoms with Crippen LogP contribution in [-0.2, 0) is 0 Å². The van der Waals surface area contributed by atoms with Gasteiger partial charge in [0, 0.05) is 23.2 Å². The molecule has 0 heterocycles. The van der Waals surface area contributed by atoms with Crippen molar-refractivity contribution in [2.45, 2.75) is 85.9 Å². The first kappa shape index (κ1) is 16.9. The van der Waals surface area contributed by atoms with Crippen LogP contribution in [-0.4, -0.2) is 23.2 Å². The molecule has 0 saturated carbocycles. The van der Waals surface area contributed by atoms with E-state index in [1.807, 2.05) is 0 Å². The summed E-state index contributed by atoms with van der Waals surface area (Å²) in [5.74, 6) is 0. The van der Waals surface area contributed by atoms with E-state index in [-0.39, 0.29) is 16.6 Å². The van der Waals surface area contributed by atoms with Crippen LogP contribution in [0.15, 0.2) is 0 Å². The van der Waals surface area contributed by atoms with E-state index < -0.39 is 0 Å². The lowest BCUT2D eigenvalue weighted by molar-refractivity contribution is 0.142. The minimum absolute atomic E-state index is 0.0382. The lowest BCUT2D eigenvalue weighted by Crippen LogP contribution is -2.67. The molecule has 0 radical (unpaired) electrons. The maximum Gasteiger partial charge on any atom is 0.0306 e. The Bertz CT molecular complexity index is 239. The normalized spacial score (nSPS) is 15.2. The molecule has 0 atom stereocenters. The molecule has 0 unspecified atom stereocenters. The summed E-state index contributed by atoms with van der Waals surface area (Å²) in [7, 11) is 0. The molecule has 0 aromatic rings. The van der Waals surface area contributed by atoms with Crippen LogP contribution >= 0.6 is 0 Å². The second-order valence-corrected chi connectivity index (χ2v) is 8.54. The highest BCUT2D eigenvalue weighted by atomic mass is 15.1. The summed E-state index contributed by atoms with van der Waals surface area (Å²) in [6.07, 6.45) is 0. The van der Waals surface area contributed by atoms with Gasteiger partial charge in [0.2, 0.25) is 0 Å². The Morgan fingerprint density at radius 1 is 0.647 bits per heavy atom. The fourth-order valence-electron chi connectivity index (χ4n) is 1.80. The van der Waals surface area contributed by atoms with Crippen molar-refractivity contribution in [2.75, 3.05) is 6.54 Å². The predicted octanol–water partition coefficient (Wildman–Crippen LogP) is 3.57. The van der Waals surface area contributed by atoms with Gasteiger partial charge in [-0.15, -0.1) is 0 Å². The quantitative estimate of drug-likeness (QED) is 0.787. The molecule has 0 spiro atoms. The summed E-state index contributed by atoms with van der Waals surface area (Å²) in [5, 5.41) is 7.41. The van der Waals surface area contributed by atoms with Gasteiger partial charge in [0.25, 0.3) is 0 Å². The topological polar surface area (TPSA) is 24.1 Å². The Hall–Kier alpha value is -0.0800. The van der Waals surface area contributed by atoms with Crippen LogP contribution < -0.4 is 10.6 Å². The molecule has 0 aromatic heterocycles. The lowest BCUT2D eigenvalue weighted by atomic mass is 9.79. The smallest absolute Gasteiger partial charge is 0.0306 e. The predicted molar refractivity (Wildman–Crippen MR) is 78.5 cm³/mol. The van der Waals surface area contributed by atoms with Crippen LogP contribution in [0.4, 0.5) is 0 Å². The molecule has 0 saturated heterocycles. The Kier molecular flexibility index (Phi) is 4.87. The highest BCUT2D eigenvalue weighted by Crippen LogP contribution is 2.25. The zero-order valence-corrected chi connectivity index (χ0v) is 13.7. The van der Waals surface area contributed by atoms with Gasteiger partial charge in [-0.1, -0.05) is 20.8 Å². The van der Waals surface area contributed by atoms with Crippen molar-refractivity contribution in [2.24, 2.45) is 5.41 Å². The van der Waals surface area contributed by atoms with Gasteiger partial charge in [-0.3, -0.25) is 0 Å². The highest BCUT2D eigenvalue weighted by Gasteiger charge is 2.39. The third kappa shape index (κ3) is 6.42. The zero-order chi connectivity index (χ0) is 14.1. The van der Waals surface area contributed by atoms with Gasteiger partial charge in [0.1, 0.15) is 0 Å². The summed E-state index contributed by atoms with van der Waals surface area (Å²) in [6.45, 7) is 23.6. The first-order valence-electron chi connectivity index (χ1n) is 6.71. The summed E-state index contributed by atoms with van der Waals surface area (Å²) >= 11 is 0. The molecule has 0 aliphatic heterocycles. The van der Waals surface area contributed by atoms with E-state index in [1.165, 1.54) is 0 Å². The SMILES string of the molecule is CC(C)(C)CNC(C)(C)C(C)(C)NC(C)(C)C. The third-order valence-electron chi connectivity index (χ3n) is 3.31. The maximum atomic E-state index is 3.71. The van der Waals surface area contributed by atoms with Crippen molar-refractivity contribution in [3.63, 3.8) is 0 Å². The second-order valence-electron chi connectivity index (χ2n) is 8.54. The van der Waals surface area contributed by atoms with Crippen LogP contribution in [0.5, 0.6) is 0 Å². The van der Waals surface area contributed by atoms with Crippen LogP contribution in [0.25, 0.3) is 0 Å². The molecule has 104 valence electrons. The van der Waals surface area contributed by atoms with Gasteiger partial charge in [-0.05, 0) is 53.9 Å². The fraction of sp³-hybridized carbons (Fsp3) is 1.00. The van der Waals surface area contributed by atoms with Gasteiger partial charge < -0.3 is 10.6 Å². The Balaban J connectivity index is 4.67. The second kappa shape index (κ2) is 4.89. The van der Waals surface area contributed by atoms with E-state index in [0.29, 0.717) is 5.41 Å². The molecule has 17 heavy (non-hydrogen) atoms. The van der Waals surface area contributed by atoms with E-state index >= 15 is 0 Å². The molecule has 0 aromatic carbocycles. The first-order valence-corrected chi connectivity index (χ1v) is 6.71.